The number of nitrogens with zero attached hydrogens (tertiary/aromatic N) is 1. The van der Waals surface area contributed by atoms with Gasteiger partial charge in [0.05, 0.1) is 20.8 Å². The Labute approximate surface area is 118 Å². The number of methoxy groups -OCH3 is 2. The zero-order valence-electron chi connectivity index (χ0n) is 12.3. The molecule has 1 atom stereocenters. The van der Waals surface area contributed by atoms with Gasteiger partial charge >= 0.3 is 0 Å². The second-order valence-electron chi connectivity index (χ2n) is 4.56. The number of benzene rings is 1. The third-order valence-corrected chi connectivity index (χ3v) is 3.10. The molecule has 114 valence electrons. The van der Waals surface area contributed by atoms with Gasteiger partial charge in [-0.15, -0.1) is 0 Å². The van der Waals surface area contributed by atoms with E-state index in [4.69, 9.17) is 9.47 Å². The molecule has 0 spiro atoms. The molecule has 0 aliphatic rings. The van der Waals surface area contributed by atoms with E-state index in [1.54, 1.807) is 39.3 Å². The molecular formula is C14H22F2N2O2. The summed E-state index contributed by atoms with van der Waals surface area (Å²) in [5.74, 6) is 1.41. The van der Waals surface area contributed by atoms with Crippen LogP contribution in [0.5, 0.6) is 11.5 Å². The molecule has 0 aromatic heterocycles. The van der Waals surface area contributed by atoms with Gasteiger partial charge < -0.3 is 14.8 Å². The lowest BCUT2D eigenvalue weighted by Gasteiger charge is -2.25. The first-order valence-corrected chi connectivity index (χ1v) is 6.37. The Morgan fingerprint density at radius 1 is 1.20 bits per heavy atom. The third-order valence-electron chi connectivity index (χ3n) is 3.10. The maximum absolute atomic E-state index is 12.4. The molecule has 1 rings (SSSR count). The van der Waals surface area contributed by atoms with Crippen molar-refractivity contribution in [3.8, 4) is 11.5 Å². The lowest BCUT2D eigenvalue weighted by Crippen LogP contribution is -2.34. The van der Waals surface area contributed by atoms with Gasteiger partial charge in [-0.05, 0) is 32.3 Å². The third kappa shape index (κ3) is 4.61. The summed E-state index contributed by atoms with van der Waals surface area (Å²) in [5.41, 5.74) is 0.885. The van der Waals surface area contributed by atoms with Crippen LogP contribution in [0.15, 0.2) is 18.2 Å². The van der Waals surface area contributed by atoms with Crippen molar-refractivity contribution in [1.82, 2.24) is 10.2 Å². The smallest absolute Gasteiger partial charge is 0.251 e. The first-order chi connectivity index (χ1) is 9.51. The molecule has 1 aromatic rings. The molecule has 0 bridgehead atoms. The minimum Gasteiger partial charge on any atom is -0.497 e. The average molecular weight is 288 g/mol. The number of alkyl halides is 2. The van der Waals surface area contributed by atoms with Gasteiger partial charge in [-0.1, -0.05) is 0 Å². The fourth-order valence-corrected chi connectivity index (χ4v) is 2.08. The Balaban J connectivity index is 2.92. The SMILES string of the molecule is CNC(CN(C)CC(F)F)c1cc(OC)ccc1OC. The minimum absolute atomic E-state index is 0.121. The van der Waals surface area contributed by atoms with Crippen molar-refractivity contribution in [2.75, 3.05) is 41.4 Å². The highest BCUT2D eigenvalue weighted by atomic mass is 19.3. The molecule has 6 heteroatoms. The largest absolute Gasteiger partial charge is 0.497 e. The van der Waals surface area contributed by atoms with E-state index in [1.165, 1.54) is 0 Å². The Morgan fingerprint density at radius 3 is 2.40 bits per heavy atom. The summed E-state index contributed by atoms with van der Waals surface area (Å²) in [4.78, 5) is 1.59. The van der Waals surface area contributed by atoms with Gasteiger partial charge in [0.1, 0.15) is 11.5 Å². The summed E-state index contributed by atoms with van der Waals surface area (Å²) in [6, 6.07) is 5.35. The molecule has 1 unspecified atom stereocenters. The first-order valence-electron chi connectivity index (χ1n) is 6.37. The predicted octanol–water partition coefficient (Wildman–Crippen LogP) is 2.16. The summed E-state index contributed by atoms with van der Waals surface area (Å²) in [6.45, 7) is 0.189. The molecule has 0 fully saturated rings. The predicted molar refractivity (Wildman–Crippen MR) is 74.8 cm³/mol. The van der Waals surface area contributed by atoms with E-state index in [0.29, 0.717) is 18.0 Å². The highest BCUT2D eigenvalue weighted by Crippen LogP contribution is 2.29. The summed E-state index contributed by atoms with van der Waals surface area (Å²) >= 11 is 0. The number of halogens is 2. The topological polar surface area (TPSA) is 33.7 Å². The summed E-state index contributed by atoms with van der Waals surface area (Å²) in [7, 11) is 6.63. The van der Waals surface area contributed by atoms with Crippen molar-refractivity contribution in [2.24, 2.45) is 0 Å². The van der Waals surface area contributed by atoms with Crippen LogP contribution in [-0.4, -0.2) is 52.7 Å². The minimum atomic E-state index is -2.34. The van der Waals surface area contributed by atoms with E-state index in [1.807, 2.05) is 12.1 Å². The lowest BCUT2D eigenvalue weighted by atomic mass is 10.0. The van der Waals surface area contributed by atoms with Crippen LogP contribution in [0.1, 0.15) is 11.6 Å². The van der Waals surface area contributed by atoms with Crippen LogP contribution in [0.3, 0.4) is 0 Å². The summed E-state index contributed by atoms with van der Waals surface area (Å²) < 4.78 is 35.3. The van der Waals surface area contributed by atoms with Crippen LogP contribution in [0.25, 0.3) is 0 Å². The number of rotatable bonds is 8. The van der Waals surface area contributed by atoms with E-state index in [-0.39, 0.29) is 12.6 Å². The number of likely N-dealkylation sites (N-methyl/N-ethyl adjacent to an activating group) is 2. The number of ether oxygens (including phenoxy) is 2. The fourth-order valence-electron chi connectivity index (χ4n) is 2.08. The molecular weight excluding hydrogens is 266 g/mol. The highest BCUT2D eigenvalue weighted by Gasteiger charge is 2.19. The molecule has 1 aromatic carbocycles. The van der Waals surface area contributed by atoms with Gasteiger partial charge in [-0.2, -0.15) is 0 Å². The molecule has 0 amide bonds. The van der Waals surface area contributed by atoms with E-state index in [9.17, 15) is 8.78 Å². The second kappa shape index (κ2) is 8.01. The van der Waals surface area contributed by atoms with Crippen LogP contribution < -0.4 is 14.8 Å². The Hall–Kier alpha value is -1.40. The number of hydrogen-bond donors (Lipinski definition) is 1. The van der Waals surface area contributed by atoms with E-state index in [0.717, 1.165) is 5.56 Å². The second-order valence-corrected chi connectivity index (χ2v) is 4.56. The molecule has 0 aliphatic carbocycles. The maximum Gasteiger partial charge on any atom is 0.251 e. The van der Waals surface area contributed by atoms with Gasteiger partial charge in [0.15, 0.2) is 0 Å². The molecule has 4 nitrogen and oxygen atoms in total. The van der Waals surface area contributed by atoms with Gasteiger partial charge in [0, 0.05) is 18.2 Å². The molecule has 0 radical (unpaired) electrons. The van der Waals surface area contributed by atoms with Crippen LogP contribution in [0.2, 0.25) is 0 Å². The van der Waals surface area contributed by atoms with E-state index in [2.05, 4.69) is 5.32 Å². The highest BCUT2D eigenvalue weighted by molar-refractivity contribution is 5.42. The Morgan fingerprint density at radius 2 is 1.90 bits per heavy atom. The molecule has 0 saturated carbocycles. The average Bonchev–Trinajstić information content (AvgIpc) is 2.43. The van der Waals surface area contributed by atoms with Crippen molar-refractivity contribution in [2.45, 2.75) is 12.5 Å². The normalized spacial score (nSPS) is 12.8. The zero-order chi connectivity index (χ0) is 15.1. The molecule has 0 saturated heterocycles. The Kier molecular flexibility index (Phi) is 6.67. The van der Waals surface area contributed by atoms with Crippen molar-refractivity contribution in [1.29, 1.82) is 0 Å². The Bertz CT molecular complexity index is 416. The van der Waals surface area contributed by atoms with Gasteiger partial charge in [-0.3, -0.25) is 4.90 Å². The van der Waals surface area contributed by atoms with Crippen LogP contribution >= 0.6 is 0 Å². The van der Waals surface area contributed by atoms with Gasteiger partial charge in [0.25, 0.3) is 6.43 Å². The van der Waals surface area contributed by atoms with Crippen molar-refractivity contribution < 1.29 is 18.3 Å². The first kappa shape index (κ1) is 16.7. The van der Waals surface area contributed by atoms with Crippen LogP contribution in [0, 0.1) is 0 Å². The van der Waals surface area contributed by atoms with Crippen LogP contribution in [0.4, 0.5) is 8.78 Å². The van der Waals surface area contributed by atoms with Crippen molar-refractivity contribution in [3.05, 3.63) is 23.8 Å². The van der Waals surface area contributed by atoms with E-state index >= 15 is 0 Å². The molecule has 0 aliphatic heterocycles. The zero-order valence-corrected chi connectivity index (χ0v) is 12.3. The van der Waals surface area contributed by atoms with E-state index < -0.39 is 6.43 Å². The van der Waals surface area contributed by atoms with Gasteiger partial charge in [-0.25, -0.2) is 8.78 Å². The van der Waals surface area contributed by atoms with Crippen LogP contribution in [-0.2, 0) is 0 Å². The molecule has 1 N–H and O–H groups in total. The number of hydrogen-bond acceptors (Lipinski definition) is 4. The monoisotopic (exact) mass is 288 g/mol. The quantitative estimate of drug-likeness (QED) is 0.795. The maximum atomic E-state index is 12.4. The standard InChI is InChI=1S/C14H22F2N2O2/c1-17-12(8-18(2)9-14(15)16)11-7-10(19-3)5-6-13(11)20-4/h5-7,12,14,17H,8-9H2,1-4H3. The lowest BCUT2D eigenvalue weighted by molar-refractivity contribution is 0.0961. The van der Waals surface area contributed by atoms with Crippen molar-refractivity contribution in [3.63, 3.8) is 0 Å². The molecule has 0 heterocycles. The number of nitrogens with one attached hydrogen (secondary N) is 1. The summed E-state index contributed by atoms with van der Waals surface area (Å²) in [6.07, 6.45) is -2.34. The van der Waals surface area contributed by atoms with Gasteiger partial charge in [0.2, 0.25) is 0 Å². The van der Waals surface area contributed by atoms with Crippen molar-refractivity contribution >= 4 is 0 Å². The molecule has 20 heavy (non-hydrogen) atoms. The fraction of sp³-hybridized carbons (Fsp3) is 0.571. The summed E-state index contributed by atoms with van der Waals surface area (Å²) in [5, 5.41) is 3.13.